The zero-order valence-corrected chi connectivity index (χ0v) is 36.7. The SMILES string of the molecule is CC(C)(C)c1ccc2c3nc4nnc(nc5[nH]c(nc6nnc(nc7[nH]c(nc8nnc(nc([nH]3)c2c1)s8)c1ccc(C(C)(C)C)cc71)s6)c1ccc(C(C)(C)C)cc51)s4. The van der Waals surface area contributed by atoms with Crippen LogP contribution in [0.2, 0.25) is 0 Å². The summed E-state index contributed by atoms with van der Waals surface area (Å²) in [5.74, 6) is 0. The largest absolute Gasteiger partial charge is 0.324 e. The van der Waals surface area contributed by atoms with E-state index in [4.69, 9.17) is 29.9 Å². The second kappa shape index (κ2) is 13.7. The Morgan fingerprint density at radius 3 is 0.750 bits per heavy atom. The second-order valence-corrected chi connectivity index (χ2v) is 20.6. The van der Waals surface area contributed by atoms with E-state index in [0.717, 1.165) is 49.0 Å². The van der Waals surface area contributed by atoms with Gasteiger partial charge in [-0.2, -0.15) is 29.9 Å². The molecule has 12 bridgehead atoms. The van der Waals surface area contributed by atoms with Crippen molar-refractivity contribution in [1.82, 2.24) is 75.4 Å². The zero-order valence-electron chi connectivity index (χ0n) is 34.3. The molecular formula is C42H39N15S3. The lowest BCUT2D eigenvalue weighted by molar-refractivity contribution is 0.591. The summed E-state index contributed by atoms with van der Waals surface area (Å²) >= 11 is 3.83. The van der Waals surface area contributed by atoms with Crippen LogP contribution in [0.5, 0.6) is 0 Å². The van der Waals surface area contributed by atoms with Gasteiger partial charge >= 0.3 is 0 Å². The van der Waals surface area contributed by atoms with Gasteiger partial charge in [-0.3, -0.25) is 0 Å². The van der Waals surface area contributed by atoms with Crippen LogP contribution in [-0.2, 0) is 16.2 Å². The number of rotatable bonds is 0. The first-order valence-electron chi connectivity index (χ1n) is 19.3. The standard InChI is InChI=1S/C42H39N15S3/c1-40(2,3)19-10-13-22-25(16-19)31-43-28(22)46-34-52-56-38(59-34)50-32-27-18-21(42(7,8)9)12-15-24(27)30(45-32)48-36-54-57-39(60-36)51-33-26-17-20(41(4,5)6)11-14-23(26)29(44-33)47-35-53-55-37(49-31)58-35/h10-18H,1-9H3,(H,43,46,49,52,55)(H,44,47,51,53,57)(H,45,48,50,54,56). The summed E-state index contributed by atoms with van der Waals surface area (Å²) in [7, 11) is 0. The molecule has 18 heteroatoms. The second-order valence-electron chi connectivity index (χ2n) is 17.8. The van der Waals surface area contributed by atoms with E-state index in [0.29, 0.717) is 63.6 Å². The number of aromatic amines is 3. The van der Waals surface area contributed by atoms with Gasteiger partial charge in [0.15, 0.2) is 0 Å². The number of benzene rings is 3. The minimum absolute atomic E-state index is 0.0946. The normalized spacial score (nSPS) is 12.8. The fourth-order valence-corrected chi connectivity index (χ4v) is 8.78. The summed E-state index contributed by atoms with van der Waals surface area (Å²) in [6.07, 6.45) is 0. The molecule has 0 aliphatic rings. The van der Waals surface area contributed by atoms with Crippen molar-refractivity contribution in [3.05, 3.63) is 71.3 Å². The number of nitrogens with zero attached hydrogens (tertiary/aromatic N) is 12. The third-order valence-electron chi connectivity index (χ3n) is 10.4. The van der Waals surface area contributed by atoms with E-state index in [-0.39, 0.29) is 16.2 Å². The maximum atomic E-state index is 4.96. The van der Waals surface area contributed by atoms with Crippen molar-refractivity contribution >= 4 is 130 Å². The molecule has 0 fully saturated rings. The van der Waals surface area contributed by atoms with Crippen molar-refractivity contribution in [2.75, 3.05) is 0 Å². The Hall–Kier alpha value is -6.24. The summed E-state index contributed by atoms with van der Waals surface area (Å²) in [5.41, 5.74) is 6.77. The fourth-order valence-electron chi connectivity index (χ4n) is 6.98. The van der Waals surface area contributed by atoms with Gasteiger partial charge in [0.05, 0.1) is 0 Å². The average molecular weight is 850 g/mol. The lowest BCUT2D eigenvalue weighted by Crippen LogP contribution is -2.10. The van der Waals surface area contributed by atoms with Crippen LogP contribution >= 0.6 is 34.0 Å². The van der Waals surface area contributed by atoms with Crippen LogP contribution in [0.4, 0.5) is 0 Å². The number of fused-ring (bicyclic) bond motifs is 21. The highest BCUT2D eigenvalue weighted by Crippen LogP contribution is 2.33. The summed E-state index contributed by atoms with van der Waals surface area (Å²) in [5, 5.41) is 31.9. The Balaban J connectivity index is 1.31. The van der Waals surface area contributed by atoms with Crippen molar-refractivity contribution in [2.45, 2.75) is 78.6 Å². The lowest BCUT2D eigenvalue weighted by atomic mass is 9.86. The predicted octanol–water partition coefficient (Wildman–Crippen LogP) is 10.2. The van der Waals surface area contributed by atoms with E-state index in [1.807, 2.05) is 0 Å². The molecule has 0 atom stereocenters. The summed E-state index contributed by atoms with van der Waals surface area (Å²) < 4.78 is 0. The Bertz CT molecular complexity index is 3210. The average Bonchev–Trinajstić information content (AvgIpc) is 4.05. The molecule has 3 N–H and O–H groups in total. The van der Waals surface area contributed by atoms with Crippen LogP contribution in [0.1, 0.15) is 79.0 Å². The van der Waals surface area contributed by atoms with E-state index in [2.05, 4.69) is 162 Å². The van der Waals surface area contributed by atoms with Crippen LogP contribution in [0.25, 0.3) is 96.0 Å². The first kappa shape index (κ1) is 38.0. The molecule has 3 aromatic carbocycles. The number of hydrogen-bond acceptors (Lipinski definition) is 15. The van der Waals surface area contributed by atoms with Gasteiger partial charge in [0.2, 0.25) is 29.8 Å². The molecule has 0 spiro atoms. The first-order valence-corrected chi connectivity index (χ1v) is 21.8. The van der Waals surface area contributed by atoms with Crippen molar-refractivity contribution in [2.24, 2.45) is 0 Å². The van der Waals surface area contributed by atoms with Crippen LogP contribution in [0.15, 0.2) is 54.6 Å². The number of hydrogen-bond donors (Lipinski definition) is 3. The molecule has 0 saturated carbocycles. The van der Waals surface area contributed by atoms with Crippen molar-refractivity contribution < 1.29 is 0 Å². The first-order chi connectivity index (χ1) is 28.5. The quantitative estimate of drug-likeness (QED) is 0.130. The zero-order chi connectivity index (χ0) is 41.7. The third kappa shape index (κ3) is 7.03. The van der Waals surface area contributed by atoms with Gasteiger partial charge in [0.25, 0.3) is 0 Å². The maximum absolute atomic E-state index is 4.96. The van der Waals surface area contributed by atoms with Gasteiger partial charge in [-0.25, -0.2) is 0 Å². The summed E-state index contributed by atoms with van der Waals surface area (Å²) in [4.78, 5) is 42.6. The van der Waals surface area contributed by atoms with E-state index in [9.17, 15) is 0 Å². The number of aromatic nitrogens is 15. The van der Waals surface area contributed by atoms with Crippen LogP contribution in [0, 0.1) is 0 Å². The molecule has 60 heavy (non-hydrogen) atoms. The van der Waals surface area contributed by atoms with E-state index in [1.54, 1.807) is 0 Å². The molecule has 15 nitrogen and oxygen atoms in total. The highest BCUT2D eigenvalue weighted by atomic mass is 32.1. The molecule has 0 unspecified atom stereocenters. The Morgan fingerprint density at radius 2 is 0.533 bits per heavy atom. The third-order valence-corrected chi connectivity index (χ3v) is 12.5. The monoisotopic (exact) mass is 849 g/mol. The number of H-pyrrole nitrogens is 3. The molecule has 300 valence electrons. The van der Waals surface area contributed by atoms with Gasteiger partial charge in [-0.05, 0) is 51.1 Å². The molecule has 7 aromatic heterocycles. The minimum Gasteiger partial charge on any atom is -0.324 e. The lowest BCUT2D eigenvalue weighted by Gasteiger charge is -2.18. The van der Waals surface area contributed by atoms with Crippen molar-refractivity contribution in [3.8, 4) is 0 Å². The molecule has 0 radical (unpaired) electrons. The maximum Gasteiger partial charge on any atom is 0.235 e. The van der Waals surface area contributed by atoms with Crippen LogP contribution in [-0.4, -0.2) is 75.4 Å². The molecule has 0 aliphatic carbocycles. The van der Waals surface area contributed by atoms with E-state index >= 15 is 0 Å². The molecular weight excluding hydrogens is 811 g/mol. The Kier molecular flexibility index (Phi) is 8.64. The Labute approximate surface area is 353 Å². The van der Waals surface area contributed by atoms with Gasteiger partial charge in [0, 0.05) is 32.3 Å². The van der Waals surface area contributed by atoms with Gasteiger partial charge in [-0.1, -0.05) is 133 Å². The summed E-state index contributed by atoms with van der Waals surface area (Å²) in [6.45, 7) is 19.7. The fraction of sp³-hybridized carbons (Fsp3) is 0.286. The molecule has 0 aliphatic heterocycles. The highest BCUT2D eigenvalue weighted by molar-refractivity contribution is 7.22. The van der Waals surface area contributed by atoms with Crippen molar-refractivity contribution in [1.29, 1.82) is 0 Å². The van der Waals surface area contributed by atoms with E-state index in [1.165, 1.54) is 34.0 Å². The van der Waals surface area contributed by atoms with Crippen LogP contribution in [0.3, 0.4) is 0 Å². The predicted molar refractivity (Wildman–Crippen MR) is 243 cm³/mol. The van der Waals surface area contributed by atoms with Crippen molar-refractivity contribution in [3.63, 3.8) is 0 Å². The summed E-state index contributed by atoms with van der Waals surface area (Å²) in [6, 6.07) is 19.0. The number of nitrogens with one attached hydrogen (secondary N) is 3. The topological polar surface area (TPSA) is 202 Å². The minimum atomic E-state index is -0.0946. The molecule has 7 heterocycles. The molecule has 10 rings (SSSR count). The molecule has 0 amide bonds. The van der Waals surface area contributed by atoms with Crippen LogP contribution < -0.4 is 0 Å². The highest BCUT2D eigenvalue weighted by Gasteiger charge is 2.19. The Morgan fingerprint density at radius 1 is 0.317 bits per heavy atom. The molecule has 10 aromatic rings. The smallest absolute Gasteiger partial charge is 0.235 e. The van der Waals surface area contributed by atoms with Gasteiger partial charge < -0.3 is 15.0 Å². The molecule has 0 saturated heterocycles. The van der Waals surface area contributed by atoms with Gasteiger partial charge in [-0.15, -0.1) is 30.6 Å². The van der Waals surface area contributed by atoms with Gasteiger partial charge in [0.1, 0.15) is 33.9 Å². The van der Waals surface area contributed by atoms with E-state index < -0.39 is 0 Å².